The van der Waals surface area contributed by atoms with Crippen LogP contribution in [0.4, 0.5) is 23.2 Å². The van der Waals surface area contributed by atoms with Gasteiger partial charge in [0.05, 0.1) is 5.56 Å². The van der Waals surface area contributed by atoms with Gasteiger partial charge in [0, 0.05) is 10.5 Å². The van der Waals surface area contributed by atoms with Crippen LogP contribution in [0.5, 0.6) is 0 Å². The summed E-state index contributed by atoms with van der Waals surface area (Å²) in [4.78, 5) is 13.0. The van der Waals surface area contributed by atoms with Gasteiger partial charge in [0.1, 0.15) is 5.69 Å². The lowest BCUT2D eigenvalue weighted by molar-refractivity contribution is 0.112. The van der Waals surface area contributed by atoms with E-state index in [1.807, 2.05) is 0 Å². The van der Waals surface area contributed by atoms with Crippen molar-refractivity contribution in [2.24, 2.45) is 5.11 Å². The Morgan fingerprint density at radius 3 is 2.10 bits per heavy atom. The van der Waals surface area contributed by atoms with Crippen molar-refractivity contribution in [1.82, 2.24) is 0 Å². The van der Waals surface area contributed by atoms with Crippen LogP contribution in [0.1, 0.15) is 10.4 Å². The third kappa shape index (κ3) is 2.32. The number of nitrogens with zero attached hydrogens (tertiary/aromatic N) is 3. The molecule has 0 aliphatic carbocycles. The van der Waals surface area contributed by atoms with E-state index in [2.05, 4.69) is 10.0 Å². The van der Waals surface area contributed by atoms with Gasteiger partial charge in [-0.1, -0.05) is 29.4 Å². The third-order valence-corrected chi connectivity index (χ3v) is 2.74. The number of azide groups is 1. The zero-order valence-electron chi connectivity index (χ0n) is 10.1. The van der Waals surface area contributed by atoms with Gasteiger partial charge >= 0.3 is 0 Å². The third-order valence-electron chi connectivity index (χ3n) is 2.74. The monoisotopic (exact) mass is 295 g/mol. The van der Waals surface area contributed by atoms with E-state index in [0.717, 1.165) is 6.07 Å². The first-order chi connectivity index (χ1) is 10.0. The average molecular weight is 295 g/mol. The Hall–Kier alpha value is -2.86. The van der Waals surface area contributed by atoms with Gasteiger partial charge in [-0.2, -0.15) is 0 Å². The maximum atomic E-state index is 13.9. The average Bonchev–Trinajstić information content (AvgIpc) is 2.50. The zero-order valence-corrected chi connectivity index (χ0v) is 10.1. The molecule has 0 aromatic heterocycles. The molecule has 0 bridgehead atoms. The van der Waals surface area contributed by atoms with Crippen molar-refractivity contribution >= 4 is 12.0 Å². The van der Waals surface area contributed by atoms with Crippen molar-refractivity contribution in [3.63, 3.8) is 0 Å². The minimum absolute atomic E-state index is 0.148. The van der Waals surface area contributed by atoms with E-state index >= 15 is 0 Å². The highest BCUT2D eigenvalue weighted by molar-refractivity contribution is 5.88. The fourth-order valence-electron chi connectivity index (χ4n) is 1.82. The minimum Gasteiger partial charge on any atom is -0.298 e. The molecule has 2 rings (SSSR count). The minimum atomic E-state index is -1.83. The molecule has 0 saturated carbocycles. The van der Waals surface area contributed by atoms with Crippen molar-refractivity contribution < 1.29 is 22.4 Å². The maximum absolute atomic E-state index is 13.9. The highest BCUT2D eigenvalue weighted by atomic mass is 19.2. The number of carbonyl (C=O) groups is 1. The van der Waals surface area contributed by atoms with Gasteiger partial charge < -0.3 is 0 Å². The molecule has 0 amide bonds. The molecule has 2 aromatic rings. The molecule has 0 spiro atoms. The topological polar surface area (TPSA) is 65.8 Å². The SMILES string of the molecule is [N-]=[N+]=Nc1c(F)c(F)c(-c2ccccc2C=O)c(F)c1F. The molecule has 0 unspecified atom stereocenters. The standard InChI is InChI=1S/C13H5F4N3O/c14-9-8(7-4-2-1-3-6(7)5-21)10(15)12(17)13(11(9)16)19-20-18/h1-5H. The van der Waals surface area contributed by atoms with Crippen LogP contribution < -0.4 is 0 Å². The predicted octanol–water partition coefficient (Wildman–Crippen LogP) is 4.66. The van der Waals surface area contributed by atoms with Crippen LogP contribution in [0.15, 0.2) is 29.4 Å². The summed E-state index contributed by atoms with van der Waals surface area (Å²) in [6.45, 7) is 0. The van der Waals surface area contributed by atoms with E-state index in [1.54, 1.807) is 0 Å². The molecule has 21 heavy (non-hydrogen) atoms. The molecular weight excluding hydrogens is 290 g/mol. The highest BCUT2D eigenvalue weighted by Crippen LogP contribution is 2.36. The number of benzene rings is 2. The van der Waals surface area contributed by atoms with Gasteiger partial charge in [0.2, 0.25) is 0 Å². The van der Waals surface area contributed by atoms with Crippen LogP contribution in [0.3, 0.4) is 0 Å². The van der Waals surface area contributed by atoms with Gasteiger partial charge in [-0.25, -0.2) is 17.6 Å². The van der Waals surface area contributed by atoms with E-state index in [9.17, 15) is 22.4 Å². The molecule has 0 heterocycles. The Bertz CT molecular complexity index is 756. The quantitative estimate of drug-likeness (QED) is 0.203. The van der Waals surface area contributed by atoms with Crippen LogP contribution in [0, 0.1) is 23.3 Å². The summed E-state index contributed by atoms with van der Waals surface area (Å²) in [5, 5.41) is 2.59. The molecule has 0 atom stereocenters. The molecule has 0 fully saturated rings. The zero-order chi connectivity index (χ0) is 15.6. The van der Waals surface area contributed by atoms with Gasteiger partial charge in [0.15, 0.2) is 29.6 Å². The van der Waals surface area contributed by atoms with Gasteiger partial charge in [-0.3, -0.25) is 4.79 Å². The summed E-state index contributed by atoms with van der Waals surface area (Å²) in [6, 6.07) is 5.14. The first-order valence-electron chi connectivity index (χ1n) is 5.48. The molecule has 2 aromatic carbocycles. The molecule has 0 aliphatic heterocycles. The van der Waals surface area contributed by atoms with Crippen LogP contribution in [0.2, 0.25) is 0 Å². The number of halogens is 4. The number of hydrogen-bond donors (Lipinski definition) is 0. The molecule has 106 valence electrons. The summed E-state index contributed by atoms with van der Waals surface area (Å²) in [6.07, 6.45) is 0.297. The van der Waals surface area contributed by atoms with Crippen molar-refractivity contribution in [2.75, 3.05) is 0 Å². The van der Waals surface area contributed by atoms with Crippen LogP contribution in [-0.2, 0) is 0 Å². The fraction of sp³-hybridized carbons (Fsp3) is 0. The fourth-order valence-corrected chi connectivity index (χ4v) is 1.82. The van der Waals surface area contributed by atoms with Gasteiger partial charge in [-0.15, -0.1) is 0 Å². The van der Waals surface area contributed by atoms with Crippen LogP contribution in [-0.4, -0.2) is 6.29 Å². The lowest BCUT2D eigenvalue weighted by Gasteiger charge is -2.11. The first-order valence-corrected chi connectivity index (χ1v) is 5.48. The number of rotatable bonds is 3. The van der Waals surface area contributed by atoms with Crippen LogP contribution in [0.25, 0.3) is 21.6 Å². The normalized spacial score (nSPS) is 10.1. The number of carbonyl (C=O) groups excluding carboxylic acids is 1. The molecule has 0 saturated heterocycles. The summed E-state index contributed by atoms with van der Waals surface area (Å²) in [7, 11) is 0. The van der Waals surface area contributed by atoms with E-state index in [1.165, 1.54) is 18.2 Å². The molecule has 0 aliphatic rings. The van der Waals surface area contributed by atoms with Crippen LogP contribution >= 0.6 is 0 Å². The number of hydrogen-bond acceptors (Lipinski definition) is 2. The van der Waals surface area contributed by atoms with Gasteiger partial charge in [-0.05, 0) is 11.1 Å². The predicted molar refractivity (Wildman–Crippen MR) is 65.9 cm³/mol. The summed E-state index contributed by atoms with van der Waals surface area (Å²) in [5.41, 5.74) is 5.25. The lowest BCUT2D eigenvalue weighted by atomic mass is 9.98. The van der Waals surface area contributed by atoms with E-state index in [4.69, 9.17) is 5.53 Å². The smallest absolute Gasteiger partial charge is 0.172 e. The van der Waals surface area contributed by atoms with Crippen molar-refractivity contribution in [3.05, 3.63) is 63.5 Å². The maximum Gasteiger partial charge on any atom is 0.172 e. The summed E-state index contributed by atoms with van der Waals surface area (Å²) < 4.78 is 55.2. The summed E-state index contributed by atoms with van der Waals surface area (Å²) >= 11 is 0. The van der Waals surface area contributed by atoms with E-state index in [0.29, 0.717) is 6.29 Å². The van der Waals surface area contributed by atoms with E-state index in [-0.39, 0.29) is 11.1 Å². The van der Waals surface area contributed by atoms with Gasteiger partial charge in [0.25, 0.3) is 0 Å². The second-order valence-electron chi connectivity index (χ2n) is 3.87. The largest absolute Gasteiger partial charge is 0.298 e. The molecule has 0 N–H and O–H groups in total. The highest BCUT2D eigenvalue weighted by Gasteiger charge is 2.26. The first kappa shape index (κ1) is 14.5. The molecular formula is C13H5F4N3O. The van der Waals surface area contributed by atoms with Crippen molar-refractivity contribution in [1.29, 1.82) is 0 Å². The lowest BCUT2D eigenvalue weighted by Crippen LogP contribution is -2.01. The Labute approximate surface area is 115 Å². The molecule has 8 heteroatoms. The Morgan fingerprint density at radius 1 is 1.00 bits per heavy atom. The molecule has 4 nitrogen and oxygen atoms in total. The van der Waals surface area contributed by atoms with E-state index < -0.39 is 34.5 Å². The Balaban J connectivity index is 2.89. The summed E-state index contributed by atoms with van der Waals surface area (Å²) in [5.74, 6) is -7.15. The second kappa shape index (κ2) is 5.64. The number of aldehydes is 1. The molecule has 0 radical (unpaired) electrons. The van der Waals surface area contributed by atoms with Crippen molar-refractivity contribution in [2.45, 2.75) is 0 Å². The second-order valence-corrected chi connectivity index (χ2v) is 3.87. The Kier molecular flexibility index (Phi) is 3.91. The van der Waals surface area contributed by atoms with Crippen molar-refractivity contribution in [3.8, 4) is 11.1 Å². The Morgan fingerprint density at radius 2 is 1.57 bits per heavy atom.